The van der Waals surface area contributed by atoms with Crippen LogP contribution in [-0.2, 0) is 6.54 Å². The van der Waals surface area contributed by atoms with Gasteiger partial charge in [0.15, 0.2) is 0 Å². The SMILES string of the molecule is CSN(CCO)c1ncccc1Cn1ccc2cnc(Nc3ccc(N4CCNC(C)C4)cc3)nc21. The summed E-state index contributed by atoms with van der Waals surface area (Å²) in [4.78, 5) is 16.3. The molecule has 0 radical (unpaired) electrons. The quantitative estimate of drug-likeness (QED) is 0.296. The van der Waals surface area contributed by atoms with Crippen molar-refractivity contribution in [3.8, 4) is 0 Å². The van der Waals surface area contributed by atoms with E-state index in [1.165, 1.54) is 5.69 Å². The molecule has 1 fully saturated rings. The maximum Gasteiger partial charge on any atom is 0.229 e. The Morgan fingerprint density at radius 3 is 2.83 bits per heavy atom. The van der Waals surface area contributed by atoms with Gasteiger partial charge in [-0.3, -0.25) is 4.31 Å². The highest BCUT2D eigenvalue weighted by Gasteiger charge is 2.16. The Morgan fingerprint density at radius 2 is 2.06 bits per heavy atom. The minimum atomic E-state index is 0.0703. The van der Waals surface area contributed by atoms with Gasteiger partial charge in [0.2, 0.25) is 5.95 Å². The normalized spacial score (nSPS) is 15.9. The van der Waals surface area contributed by atoms with Crippen molar-refractivity contribution in [3.05, 3.63) is 66.6 Å². The Bertz CT molecular complexity index is 1290. The number of hydrogen-bond donors (Lipinski definition) is 3. The number of fused-ring (bicyclic) bond motifs is 1. The van der Waals surface area contributed by atoms with E-state index in [1.54, 1.807) is 18.1 Å². The molecule has 1 aromatic carbocycles. The molecule has 3 N–H and O–H groups in total. The van der Waals surface area contributed by atoms with E-state index in [4.69, 9.17) is 4.98 Å². The average molecular weight is 505 g/mol. The highest BCUT2D eigenvalue weighted by molar-refractivity contribution is 7.99. The van der Waals surface area contributed by atoms with Gasteiger partial charge < -0.3 is 25.2 Å². The van der Waals surface area contributed by atoms with Crippen LogP contribution in [-0.4, -0.2) is 69.7 Å². The summed E-state index contributed by atoms with van der Waals surface area (Å²) in [6.45, 7) is 6.45. The first-order valence-electron chi connectivity index (χ1n) is 12.2. The zero-order chi connectivity index (χ0) is 24.9. The molecule has 0 amide bonds. The maximum atomic E-state index is 9.44. The second-order valence-electron chi connectivity index (χ2n) is 8.88. The number of hydrogen-bond acceptors (Lipinski definition) is 9. The largest absolute Gasteiger partial charge is 0.394 e. The summed E-state index contributed by atoms with van der Waals surface area (Å²) in [5.74, 6) is 1.41. The Balaban J connectivity index is 1.34. The molecular formula is C26H32N8OS. The summed E-state index contributed by atoms with van der Waals surface area (Å²) in [6.07, 6.45) is 7.65. The zero-order valence-corrected chi connectivity index (χ0v) is 21.4. The summed E-state index contributed by atoms with van der Waals surface area (Å²) in [6, 6.07) is 15.0. The number of pyridine rings is 1. The van der Waals surface area contributed by atoms with Crippen LogP contribution in [0.5, 0.6) is 0 Å². The zero-order valence-electron chi connectivity index (χ0n) is 20.6. The van der Waals surface area contributed by atoms with Gasteiger partial charge in [-0.1, -0.05) is 18.0 Å². The van der Waals surface area contributed by atoms with Gasteiger partial charge >= 0.3 is 0 Å². The van der Waals surface area contributed by atoms with Crippen LogP contribution in [0.15, 0.2) is 61.1 Å². The van der Waals surface area contributed by atoms with Crippen molar-refractivity contribution in [2.24, 2.45) is 0 Å². The molecule has 5 rings (SSSR count). The molecule has 1 aliphatic heterocycles. The van der Waals surface area contributed by atoms with E-state index in [2.05, 4.69) is 67.3 Å². The van der Waals surface area contributed by atoms with Crippen LogP contribution in [0.4, 0.5) is 23.1 Å². The van der Waals surface area contributed by atoms with Gasteiger partial charge in [-0.25, -0.2) is 9.97 Å². The molecule has 1 atom stereocenters. The molecule has 0 saturated carbocycles. The van der Waals surface area contributed by atoms with Crippen LogP contribution >= 0.6 is 11.9 Å². The fourth-order valence-corrected chi connectivity index (χ4v) is 5.15. The molecular weight excluding hydrogens is 472 g/mol. The van der Waals surface area contributed by atoms with Crippen molar-refractivity contribution in [2.75, 3.05) is 53.6 Å². The number of piperazine rings is 1. The number of nitrogens with zero attached hydrogens (tertiary/aromatic N) is 6. The average Bonchev–Trinajstić information content (AvgIpc) is 3.30. The molecule has 4 heterocycles. The van der Waals surface area contributed by atoms with Gasteiger partial charge in [-0.15, -0.1) is 0 Å². The smallest absolute Gasteiger partial charge is 0.229 e. The number of benzene rings is 1. The first-order chi connectivity index (χ1) is 17.6. The highest BCUT2D eigenvalue weighted by Crippen LogP contribution is 2.26. The van der Waals surface area contributed by atoms with E-state index in [9.17, 15) is 5.11 Å². The van der Waals surface area contributed by atoms with Crippen LogP contribution in [0.25, 0.3) is 11.0 Å². The van der Waals surface area contributed by atoms with Crippen molar-refractivity contribution in [3.63, 3.8) is 0 Å². The van der Waals surface area contributed by atoms with Crippen molar-refractivity contribution >= 4 is 46.1 Å². The van der Waals surface area contributed by atoms with E-state index in [1.807, 2.05) is 35.1 Å². The van der Waals surface area contributed by atoms with Gasteiger partial charge in [0.1, 0.15) is 11.5 Å². The molecule has 10 heteroatoms. The van der Waals surface area contributed by atoms with E-state index >= 15 is 0 Å². The van der Waals surface area contributed by atoms with E-state index in [-0.39, 0.29) is 6.61 Å². The molecule has 1 aliphatic rings. The third kappa shape index (κ3) is 5.40. The summed E-state index contributed by atoms with van der Waals surface area (Å²) in [7, 11) is 0. The lowest BCUT2D eigenvalue weighted by Gasteiger charge is -2.33. The Labute approximate surface area is 215 Å². The number of aliphatic hydroxyl groups is 1. The number of nitrogens with one attached hydrogen (secondary N) is 2. The lowest BCUT2D eigenvalue weighted by atomic mass is 10.2. The molecule has 9 nitrogen and oxygen atoms in total. The van der Waals surface area contributed by atoms with Crippen LogP contribution < -0.4 is 19.8 Å². The van der Waals surface area contributed by atoms with E-state index < -0.39 is 0 Å². The van der Waals surface area contributed by atoms with Crippen LogP contribution in [0, 0.1) is 0 Å². The molecule has 1 unspecified atom stereocenters. The van der Waals surface area contributed by atoms with Crippen molar-refractivity contribution in [1.82, 2.24) is 24.8 Å². The van der Waals surface area contributed by atoms with E-state index in [0.717, 1.165) is 47.7 Å². The first kappa shape index (κ1) is 24.4. The molecule has 188 valence electrons. The van der Waals surface area contributed by atoms with Crippen LogP contribution in [0.3, 0.4) is 0 Å². The maximum absolute atomic E-state index is 9.44. The lowest BCUT2D eigenvalue weighted by molar-refractivity contribution is 0.307. The van der Waals surface area contributed by atoms with Crippen molar-refractivity contribution in [1.29, 1.82) is 0 Å². The van der Waals surface area contributed by atoms with Crippen LogP contribution in [0.2, 0.25) is 0 Å². The first-order valence-corrected chi connectivity index (χ1v) is 13.4. The Hall–Kier alpha value is -3.34. The topological polar surface area (TPSA) is 94.4 Å². The monoisotopic (exact) mass is 504 g/mol. The molecule has 0 aliphatic carbocycles. The van der Waals surface area contributed by atoms with Crippen molar-refractivity contribution in [2.45, 2.75) is 19.5 Å². The summed E-state index contributed by atoms with van der Waals surface area (Å²) in [5, 5.41) is 17.3. The fourth-order valence-electron chi connectivity index (χ4n) is 4.55. The molecule has 4 aromatic rings. The molecule has 1 saturated heterocycles. The predicted octanol–water partition coefficient (Wildman–Crippen LogP) is 3.49. The fraction of sp³-hybridized carbons (Fsp3) is 0.346. The van der Waals surface area contributed by atoms with Gasteiger partial charge in [0.05, 0.1) is 19.7 Å². The van der Waals surface area contributed by atoms with Crippen LogP contribution in [0.1, 0.15) is 12.5 Å². The van der Waals surface area contributed by atoms with E-state index in [0.29, 0.717) is 25.1 Å². The molecule has 36 heavy (non-hydrogen) atoms. The Kier molecular flexibility index (Phi) is 7.55. The summed E-state index contributed by atoms with van der Waals surface area (Å²) < 4.78 is 4.11. The number of aromatic nitrogens is 4. The molecule has 0 spiro atoms. The van der Waals surface area contributed by atoms with Gasteiger partial charge in [0.25, 0.3) is 0 Å². The van der Waals surface area contributed by atoms with Gasteiger partial charge in [0, 0.05) is 72.8 Å². The standard InChI is InChI=1S/C26H32N8OS/c1-19-17-32(13-11-27-19)23-7-5-22(6-8-23)30-26-29-16-20-9-12-33(25(20)31-26)18-21-4-3-10-28-24(21)34(36-2)14-15-35/h3-10,12,16,19,27,35H,11,13-15,17-18H2,1-2H3,(H,29,30,31). The molecule has 0 bridgehead atoms. The third-order valence-corrected chi connectivity index (χ3v) is 7.12. The minimum absolute atomic E-state index is 0.0703. The van der Waals surface area contributed by atoms with Gasteiger partial charge in [-0.2, -0.15) is 4.98 Å². The third-order valence-electron chi connectivity index (χ3n) is 6.33. The lowest BCUT2D eigenvalue weighted by Crippen LogP contribution is -2.49. The number of rotatable bonds is 9. The predicted molar refractivity (Wildman–Crippen MR) is 148 cm³/mol. The minimum Gasteiger partial charge on any atom is -0.394 e. The van der Waals surface area contributed by atoms with Gasteiger partial charge in [-0.05, 0) is 43.3 Å². The second-order valence-corrected chi connectivity index (χ2v) is 9.69. The highest BCUT2D eigenvalue weighted by atomic mass is 32.2. The summed E-state index contributed by atoms with van der Waals surface area (Å²) >= 11 is 1.55. The second kappa shape index (κ2) is 11.2. The molecule has 3 aromatic heterocycles. The number of aliphatic hydroxyl groups excluding tert-OH is 1. The summed E-state index contributed by atoms with van der Waals surface area (Å²) in [5.41, 5.74) is 4.09. The van der Waals surface area contributed by atoms with Crippen molar-refractivity contribution < 1.29 is 5.11 Å². The Morgan fingerprint density at radius 1 is 1.19 bits per heavy atom. The number of anilines is 4.